The number of aromatic nitrogens is 1. The van der Waals surface area contributed by atoms with Crippen molar-refractivity contribution in [1.29, 1.82) is 0 Å². The minimum absolute atomic E-state index is 0.226. The van der Waals surface area contributed by atoms with Crippen molar-refractivity contribution < 1.29 is 4.39 Å². The monoisotopic (exact) mass is 320 g/mol. The van der Waals surface area contributed by atoms with Crippen molar-refractivity contribution in [1.82, 2.24) is 4.57 Å². The molecule has 1 aromatic carbocycles. The Bertz CT molecular complexity index is 652. The van der Waals surface area contributed by atoms with Gasteiger partial charge in [-0.3, -0.25) is 0 Å². The van der Waals surface area contributed by atoms with Crippen molar-refractivity contribution in [3.8, 4) is 0 Å². The van der Waals surface area contributed by atoms with Crippen molar-refractivity contribution in [2.24, 2.45) is 10.9 Å². The summed E-state index contributed by atoms with van der Waals surface area (Å²) in [5, 5.41) is 2.14. The highest BCUT2D eigenvalue weighted by Gasteiger charge is 2.10. The third-order valence-electron chi connectivity index (χ3n) is 3.82. The maximum absolute atomic E-state index is 13.0. The third-order valence-corrected chi connectivity index (χ3v) is 4.77. The van der Waals surface area contributed by atoms with Gasteiger partial charge in [-0.25, -0.2) is 9.38 Å². The van der Waals surface area contributed by atoms with Crippen LogP contribution >= 0.6 is 11.3 Å². The predicted octanol–water partition coefficient (Wildman–Crippen LogP) is 5.62. The van der Waals surface area contributed by atoms with Crippen LogP contribution in [0.2, 0.25) is 0 Å². The molecule has 0 aliphatic rings. The van der Waals surface area contributed by atoms with E-state index in [4.69, 9.17) is 0 Å². The molecule has 1 unspecified atom stereocenters. The van der Waals surface area contributed by atoms with Gasteiger partial charge in [-0.1, -0.05) is 26.7 Å². The maximum atomic E-state index is 13.0. The standard InChI is InChI=1S/C18H25FN2S/c1-13(2)6-5-7-14(3)21-15(4)12-22-18(21)20-17-10-8-16(19)9-11-17/h8-14H,5-7H2,1-4H3. The fraction of sp³-hybridized carbons (Fsp3) is 0.500. The molecule has 0 saturated heterocycles. The first-order valence-electron chi connectivity index (χ1n) is 7.94. The van der Waals surface area contributed by atoms with Crippen LogP contribution in [0.3, 0.4) is 0 Å². The summed E-state index contributed by atoms with van der Waals surface area (Å²) < 4.78 is 15.3. The predicted molar refractivity (Wildman–Crippen MR) is 92.1 cm³/mol. The topological polar surface area (TPSA) is 17.3 Å². The molecule has 4 heteroatoms. The van der Waals surface area contributed by atoms with Crippen LogP contribution in [0.1, 0.15) is 51.8 Å². The average molecular weight is 320 g/mol. The molecule has 0 bridgehead atoms. The Morgan fingerprint density at radius 3 is 2.45 bits per heavy atom. The van der Waals surface area contributed by atoms with Crippen molar-refractivity contribution >= 4 is 17.0 Å². The quantitative estimate of drug-likeness (QED) is 0.657. The van der Waals surface area contributed by atoms with Gasteiger partial charge in [-0.05, 0) is 50.5 Å². The minimum Gasteiger partial charge on any atom is -0.318 e. The van der Waals surface area contributed by atoms with E-state index >= 15 is 0 Å². The molecule has 0 fully saturated rings. The highest BCUT2D eigenvalue weighted by atomic mass is 32.1. The van der Waals surface area contributed by atoms with Gasteiger partial charge in [0.2, 0.25) is 0 Å². The molecule has 0 amide bonds. The number of hydrogen-bond acceptors (Lipinski definition) is 2. The van der Waals surface area contributed by atoms with Gasteiger partial charge in [0.05, 0.1) is 5.69 Å². The van der Waals surface area contributed by atoms with E-state index in [1.54, 1.807) is 23.5 Å². The molecule has 2 nitrogen and oxygen atoms in total. The zero-order valence-corrected chi connectivity index (χ0v) is 14.7. The van der Waals surface area contributed by atoms with E-state index in [1.807, 2.05) is 0 Å². The largest absolute Gasteiger partial charge is 0.318 e. The molecule has 120 valence electrons. The van der Waals surface area contributed by atoms with Gasteiger partial charge in [-0.2, -0.15) is 0 Å². The molecule has 0 aliphatic carbocycles. The molecule has 0 saturated carbocycles. The van der Waals surface area contributed by atoms with Crippen LogP contribution in [-0.2, 0) is 0 Å². The Labute approximate surface area is 136 Å². The number of aryl methyl sites for hydroxylation is 1. The molecule has 0 aliphatic heterocycles. The Morgan fingerprint density at radius 1 is 1.14 bits per heavy atom. The molecule has 1 heterocycles. The summed E-state index contributed by atoms with van der Waals surface area (Å²) in [6.45, 7) is 8.91. The smallest absolute Gasteiger partial charge is 0.190 e. The van der Waals surface area contributed by atoms with Crippen molar-refractivity contribution in [3.63, 3.8) is 0 Å². The summed E-state index contributed by atoms with van der Waals surface area (Å²) in [5.41, 5.74) is 2.04. The number of nitrogens with zero attached hydrogens (tertiary/aromatic N) is 2. The second-order valence-corrected chi connectivity index (χ2v) is 7.13. The van der Waals surface area contributed by atoms with Crippen LogP contribution < -0.4 is 4.80 Å². The van der Waals surface area contributed by atoms with Gasteiger partial charge >= 0.3 is 0 Å². The van der Waals surface area contributed by atoms with Gasteiger partial charge < -0.3 is 4.57 Å². The second-order valence-electron chi connectivity index (χ2n) is 6.29. The fourth-order valence-electron chi connectivity index (χ4n) is 2.60. The molecule has 22 heavy (non-hydrogen) atoms. The van der Waals surface area contributed by atoms with Crippen LogP contribution in [0, 0.1) is 18.7 Å². The van der Waals surface area contributed by atoms with Gasteiger partial charge in [-0.15, -0.1) is 11.3 Å². The van der Waals surface area contributed by atoms with Crippen LogP contribution in [0.5, 0.6) is 0 Å². The van der Waals surface area contributed by atoms with Crippen LogP contribution in [0.15, 0.2) is 34.6 Å². The summed E-state index contributed by atoms with van der Waals surface area (Å²) in [7, 11) is 0. The van der Waals surface area contributed by atoms with Gasteiger partial charge in [0.25, 0.3) is 0 Å². The third kappa shape index (κ3) is 4.54. The first-order valence-corrected chi connectivity index (χ1v) is 8.82. The van der Waals surface area contributed by atoms with E-state index in [2.05, 4.69) is 42.6 Å². The second kappa shape index (κ2) is 7.73. The summed E-state index contributed by atoms with van der Waals surface area (Å²) in [6, 6.07) is 6.78. The summed E-state index contributed by atoms with van der Waals surface area (Å²) in [4.78, 5) is 5.67. The van der Waals surface area contributed by atoms with Crippen LogP contribution in [0.25, 0.3) is 0 Å². The van der Waals surface area contributed by atoms with E-state index < -0.39 is 0 Å². The Hall–Kier alpha value is -1.42. The maximum Gasteiger partial charge on any atom is 0.190 e. The lowest BCUT2D eigenvalue weighted by molar-refractivity contribution is 0.436. The summed E-state index contributed by atoms with van der Waals surface area (Å²) >= 11 is 1.65. The van der Waals surface area contributed by atoms with Crippen molar-refractivity contribution in [3.05, 3.63) is 46.0 Å². The Morgan fingerprint density at radius 2 is 1.82 bits per heavy atom. The SMILES string of the molecule is Cc1csc(=Nc2ccc(F)cc2)n1C(C)CCCC(C)C. The number of thiazole rings is 1. The molecular formula is C18H25FN2S. The lowest BCUT2D eigenvalue weighted by Gasteiger charge is -2.16. The normalized spacial score (nSPS) is 13.8. The van der Waals surface area contributed by atoms with Crippen molar-refractivity contribution in [2.75, 3.05) is 0 Å². The summed E-state index contributed by atoms with van der Waals surface area (Å²) in [5.74, 6) is 0.528. The van der Waals surface area contributed by atoms with E-state index in [1.165, 1.54) is 30.7 Å². The van der Waals surface area contributed by atoms with E-state index in [9.17, 15) is 4.39 Å². The van der Waals surface area contributed by atoms with E-state index in [0.717, 1.165) is 22.8 Å². The zero-order chi connectivity index (χ0) is 16.1. The molecule has 1 atom stereocenters. The highest BCUT2D eigenvalue weighted by Crippen LogP contribution is 2.19. The van der Waals surface area contributed by atoms with Gasteiger partial charge in [0.1, 0.15) is 5.82 Å². The number of hydrogen-bond donors (Lipinski definition) is 0. The molecule has 0 radical (unpaired) electrons. The molecule has 0 spiro atoms. The molecule has 2 aromatic rings. The Kier molecular flexibility index (Phi) is 5.95. The van der Waals surface area contributed by atoms with Crippen molar-refractivity contribution in [2.45, 2.75) is 53.0 Å². The molecular weight excluding hydrogens is 295 g/mol. The average Bonchev–Trinajstić information content (AvgIpc) is 2.82. The number of halogens is 1. The lowest BCUT2D eigenvalue weighted by Crippen LogP contribution is -2.20. The number of benzene rings is 1. The number of rotatable bonds is 6. The molecule has 0 N–H and O–H groups in total. The van der Waals surface area contributed by atoms with Crippen LogP contribution in [-0.4, -0.2) is 4.57 Å². The highest BCUT2D eigenvalue weighted by molar-refractivity contribution is 7.07. The zero-order valence-electron chi connectivity index (χ0n) is 13.8. The first kappa shape index (κ1) is 16.9. The summed E-state index contributed by atoms with van der Waals surface area (Å²) in [6.07, 6.45) is 3.65. The Balaban J connectivity index is 2.21. The van der Waals surface area contributed by atoms with Crippen LogP contribution in [0.4, 0.5) is 10.1 Å². The minimum atomic E-state index is -0.226. The molecule has 2 rings (SSSR count). The van der Waals surface area contributed by atoms with E-state index in [-0.39, 0.29) is 5.82 Å². The van der Waals surface area contributed by atoms with Gasteiger partial charge in [0.15, 0.2) is 4.80 Å². The molecule has 1 aromatic heterocycles. The first-order chi connectivity index (χ1) is 10.5. The van der Waals surface area contributed by atoms with E-state index in [0.29, 0.717) is 6.04 Å². The lowest BCUT2D eigenvalue weighted by atomic mass is 10.0. The van der Waals surface area contributed by atoms with Gasteiger partial charge in [0, 0.05) is 17.1 Å². The fourth-order valence-corrected chi connectivity index (χ4v) is 3.58.